The first-order chi connectivity index (χ1) is 15.0. The van der Waals surface area contributed by atoms with Crippen molar-refractivity contribution in [1.82, 2.24) is 5.43 Å². The highest BCUT2D eigenvalue weighted by molar-refractivity contribution is 9.10. The summed E-state index contributed by atoms with van der Waals surface area (Å²) in [6, 6.07) is 15.6. The van der Waals surface area contributed by atoms with E-state index in [1.807, 2.05) is 0 Å². The number of carbonyl (C=O) groups is 1. The van der Waals surface area contributed by atoms with Crippen LogP contribution in [0.1, 0.15) is 21.5 Å². The molecule has 31 heavy (non-hydrogen) atoms. The van der Waals surface area contributed by atoms with Crippen molar-refractivity contribution in [2.45, 2.75) is 6.61 Å². The Morgan fingerprint density at radius 2 is 1.90 bits per heavy atom. The van der Waals surface area contributed by atoms with Crippen molar-refractivity contribution >= 4 is 51.3 Å². The van der Waals surface area contributed by atoms with Gasteiger partial charge in [0.15, 0.2) is 11.5 Å². The van der Waals surface area contributed by atoms with E-state index in [-0.39, 0.29) is 13.4 Å². The predicted octanol–water partition coefficient (Wildman–Crippen LogP) is 5.83. The largest absolute Gasteiger partial charge is 0.488 e. The van der Waals surface area contributed by atoms with Gasteiger partial charge >= 0.3 is 0 Å². The molecule has 3 aromatic rings. The molecule has 0 saturated carbocycles. The Labute approximate surface area is 196 Å². The molecule has 0 bridgehead atoms. The molecule has 0 atom stereocenters. The molecule has 0 spiro atoms. The third-order valence-electron chi connectivity index (χ3n) is 4.39. The number of carbonyl (C=O) groups excluding carboxylic acids is 1. The fourth-order valence-corrected chi connectivity index (χ4v) is 3.71. The maximum atomic E-state index is 12.6. The van der Waals surface area contributed by atoms with Crippen LogP contribution in [-0.2, 0) is 6.61 Å². The van der Waals surface area contributed by atoms with Crippen molar-refractivity contribution in [2.75, 3.05) is 6.79 Å². The van der Waals surface area contributed by atoms with Gasteiger partial charge in [-0.05, 0) is 52.3 Å². The third kappa shape index (κ3) is 5.12. The van der Waals surface area contributed by atoms with Gasteiger partial charge in [-0.1, -0.05) is 41.4 Å². The summed E-state index contributed by atoms with van der Waals surface area (Å²) >= 11 is 15.6. The van der Waals surface area contributed by atoms with Crippen molar-refractivity contribution < 1.29 is 19.0 Å². The second kappa shape index (κ2) is 9.60. The molecule has 1 aliphatic rings. The Bertz CT molecular complexity index is 1170. The molecule has 1 amide bonds. The highest BCUT2D eigenvalue weighted by atomic mass is 79.9. The van der Waals surface area contributed by atoms with Crippen LogP contribution >= 0.6 is 39.1 Å². The van der Waals surface area contributed by atoms with Crippen LogP contribution in [0.5, 0.6) is 17.2 Å². The van der Waals surface area contributed by atoms with Crippen LogP contribution in [0.2, 0.25) is 10.0 Å². The fourth-order valence-electron chi connectivity index (χ4n) is 2.83. The first-order valence-electron chi connectivity index (χ1n) is 9.09. The topological polar surface area (TPSA) is 69.2 Å². The van der Waals surface area contributed by atoms with Crippen molar-refractivity contribution in [3.63, 3.8) is 0 Å². The van der Waals surface area contributed by atoms with Crippen molar-refractivity contribution in [3.05, 3.63) is 85.8 Å². The van der Waals surface area contributed by atoms with E-state index >= 15 is 0 Å². The molecule has 0 fully saturated rings. The van der Waals surface area contributed by atoms with Crippen LogP contribution in [0, 0.1) is 0 Å². The molecule has 1 aliphatic heterocycles. The lowest BCUT2D eigenvalue weighted by Crippen LogP contribution is -2.18. The van der Waals surface area contributed by atoms with E-state index in [4.69, 9.17) is 37.4 Å². The summed E-state index contributed by atoms with van der Waals surface area (Å²) in [4.78, 5) is 12.6. The molecule has 0 aromatic heterocycles. The first kappa shape index (κ1) is 21.5. The summed E-state index contributed by atoms with van der Waals surface area (Å²) in [5.41, 5.74) is 4.34. The zero-order valence-corrected chi connectivity index (χ0v) is 19.0. The van der Waals surface area contributed by atoms with Gasteiger partial charge in [0, 0.05) is 25.6 Å². The highest BCUT2D eigenvalue weighted by Gasteiger charge is 2.16. The zero-order chi connectivity index (χ0) is 21.8. The average Bonchev–Trinajstić information content (AvgIpc) is 3.20. The number of hydrogen-bond acceptors (Lipinski definition) is 5. The lowest BCUT2D eigenvalue weighted by molar-refractivity contribution is 0.0950. The lowest BCUT2D eigenvalue weighted by atomic mass is 10.2. The molecule has 1 N–H and O–H groups in total. The van der Waals surface area contributed by atoms with Crippen LogP contribution < -0.4 is 19.6 Å². The summed E-state index contributed by atoms with van der Waals surface area (Å²) in [5.74, 6) is 1.27. The van der Waals surface area contributed by atoms with E-state index in [1.165, 1.54) is 6.21 Å². The van der Waals surface area contributed by atoms with E-state index in [9.17, 15) is 4.79 Å². The van der Waals surface area contributed by atoms with E-state index in [2.05, 4.69) is 26.5 Å². The summed E-state index contributed by atoms with van der Waals surface area (Å²) < 4.78 is 17.3. The second-order valence-electron chi connectivity index (χ2n) is 6.45. The number of rotatable bonds is 6. The van der Waals surface area contributed by atoms with Gasteiger partial charge in [-0.3, -0.25) is 4.79 Å². The van der Waals surface area contributed by atoms with E-state index in [0.29, 0.717) is 32.9 Å². The maximum Gasteiger partial charge on any atom is 0.275 e. The summed E-state index contributed by atoms with van der Waals surface area (Å²) in [6.45, 7) is 0.366. The molecule has 0 radical (unpaired) electrons. The molecule has 6 nitrogen and oxygen atoms in total. The second-order valence-corrected chi connectivity index (χ2v) is 8.14. The van der Waals surface area contributed by atoms with Gasteiger partial charge in [-0.2, -0.15) is 5.10 Å². The zero-order valence-electron chi connectivity index (χ0n) is 15.9. The minimum Gasteiger partial charge on any atom is -0.488 e. The number of nitrogens with zero attached hydrogens (tertiary/aromatic N) is 1. The molecule has 0 unspecified atom stereocenters. The van der Waals surface area contributed by atoms with Crippen molar-refractivity contribution in [2.24, 2.45) is 5.10 Å². The molecular weight excluding hydrogens is 507 g/mol. The van der Waals surface area contributed by atoms with Crippen LogP contribution in [0.4, 0.5) is 0 Å². The number of hydrazone groups is 1. The number of fused-ring (bicyclic) bond motifs is 1. The molecule has 9 heteroatoms. The van der Waals surface area contributed by atoms with Gasteiger partial charge < -0.3 is 14.2 Å². The smallest absolute Gasteiger partial charge is 0.275 e. The predicted molar refractivity (Wildman–Crippen MR) is 123 cm³/mol. The number of hydrogen-bond donors (Lipinski definition) is 1. The van der Waals surface area contributed by atoms with E-state index in [1.54, 1.807) is 54.6 Å². The molecule has 1 heterocycles. The molecule has 0 saturated heterocycles. The van der Waals surface area contributed by atoms with Crippen LogP contribution in [0.15, 0.2) is 64.2 Å². The molecule has 0 aliphatic carbocycles. The van der Waals surface area contributed by atoms with E-state index < -0.39 is 5.91 Å². The maximum absolute atomic E-state index is 12.6. The van der Waals surface area contributed by atoms with Gasteiger partial charge in [0.05, 0.1) is 11.8 Å². The Morgan fingerprint density at radius 1 is 1.13 bits per heavy atom. The average molecular weight is 522 g/mol. The standard InChI is InChI=1S/C22H15BrCl2N2O4/c23-17-9-21-20(30-12-31-21)7-14(17)10-26-27-22(28)16-3-1-2-4-19(16)29-11-13-5-6-15(24)8-18(13)25/h1-10H,11-12H2,(H,27,28)/b26-10+. The van der Waals surface area contributed by atoms with Crippen LogP contribution in [-0.4, -0.2) is 18.9 Å². The number of halogens is 3. The third-order valence-corrected chi connectivity index (χ3v) is 5.67. The van der Waals surface area contributed by atoms with Crippen molar-refractivity contribution in [1.29, 1.82) is 0 Å². The first-order valence-corrected chi connectivity index (χ1v) is 10.6. The Kier molecular flexibility index (Phi) is 6.65. The van der Waals surface area contributed by atoms with Crippen LogP contribution in [0.3, 0.4) is 0 Å². The van der Waals surface area contributed by atoms with Gasteiger partial charge in [0.25, 0.3) is 5.91 Å². The number of amides is 1. The number of para-hydroxylation sites is 1. The van der Waals surface area contributed by atoms with Crippen LogP contribution in [0.25, 0.3) is 0 Å². The molecular formula is C22H15BrCl2N2O4. The molecule has 158 valence electrons. The van der Waals surface area contributed by atoms with Crippen molar-refractivity contribution in [3.8, 4) is 17.2 Å². The fraction of sp³-hybridized carbons (Fsp3) is 0.0909. The lowest BCUT2D eigenvalue weighted by Gasteiger charge is -2.11. The summed E-state index contributed by atoms with van der Waals surface area (Å²) in [7, 11) is 0. The SMILES string of the molecule is O=C(N/N=C/c1cc2c(cc1Br)OCO2)c1ccccc1OCc1ccc(Cl)cc1Cl. The molecule has 4 rings (SSSR count). The van der Waals surface area contributed by atoms with Gasteiger partial charge in [-0.15, -0.1) is 0 Å². The molecule has 3 aromatic carbocycles. The monoisotopic (exact) mass is 520 g/mol. The van der Waals surface area contributed by atoms with Gasteiger partial charge in [-0.25, -0.2) is 5.43 Å². The van der Waals surface area contributed by atoms with E-state index in [0.717, 1.165) is 15.6 Å². The minimum atomic E-state index is -0.411. The number of nitrogens with one attached hydrogen (secondary N) is 1. The summed E-state index contributed by atoms with van der Waals surface area (Å²) in [5, 5.41) is 5.08. The minimum absolute atomic E-state index is 0.178. The highest BCUT2D eigenvalue weighted by Crippen LogP contribution is 2.36. The Morgan fingerprint density at radius 3 is 2.71 bits per heavy atom. The number of benzene rings is 3. The normalized spacial score (nSPS) is 12.2. The Balaban J connectivity index is 1.44. The Hall–Kier alpha value is -2.74. The quantitative estimate of drug-likeness (QED) is 0.327. The van der Waals surface area contributed by atoms with Gasteiger partial charge in [0.2, 0.25) is 6.79 Å². The van der Waals surface area contributed by atoms with Gasteiger partial charge in [0.1, 0.15) is 12.4 Å². The number of ether oxygens (including phenoxy) is 3. The summed E-state index contributed by atoms with van der Waals surface area (Å²) in [6.07, 6.45) is 1.51.